The van der Waals surface area contributed by atoms with Crippen molar-refractivity contribution < 1.29 is 18.7 Å². The predicted octanol–water partition coefficient (Wildman–Crippen LogP) is 6.05. The smallest absolute Gasteiger partial charge is 0.256 e. The molecule has 3 aromatic rings. The Bertz CT molecular complexity index is 1180. The zero-order valence-corrected chi connectivity index (χ0v) is 19.5. The molecular formula is C24H19Cl3F2N2O2. The Morgan fingerprint density at radius 3 is 2.30 bits per heavy atom. The standard InChI is InChI=1S/C24H19Cl3F2N2O2/c25-15-3-1-14(2-4-15)22-13-30(9-10-31(22)21-8-5-16(26)11-19(21)27)24(33)23(32)18-7-6-17(28)12-20(18)29/h1-8,11-12,22-23,32H,9-10,13H2/t22-,23?/m0/s1. The second-order valence-electron chi connectivity index (χ2n) is 7.71. The maximum Gasteiger partial charge on any atom is 0.256 e. The van der Waals surface area contributed by atoms with E-state index in [-0.39, 0.29) is 24.7 Å². The third kappa shape index (κ3) is 5.09. The van der Waals surface area contributed by atoms with Gasteiger partial charge in [0.1, 0.15) is 11.6 Å². The number of piperazine rings is 1. The van der Waals surface area contributed by atoms with Crippen molar-refractivity contribution in [3.05, 3.63) is 98.5 Å². The lowest BCUT2D eigenvalue weighted by Gasteiger charge is -2.44. The molecule has 1 aliphatic heterocycles. The number of hydrogen-bond donors (Lipinski definition) is 1. The summed E-state index contributed by atoms with van der Waals surface area (Å²) in [6.07, 6.45) is -1.75. The monoisotopic (exact) mass is 510 g/mol. The summed E-state index contributed by atoms with van der Waals surface area (Å²) in [5.74, 6) is -2.43. The third-order valence-corrected chi connectivity index (χ3v) is 6.45. The van der Waals surface area contributed by atoms with E-state index >= 15 is 0 Å². The summed E-state index contributed by atoms with van der Waals surface area (Å²) in [5.41, 5.74) is 1.36. The quantitative estimate of drug-likeness (QED) is 0.464. The molecular weight excluding hydrogens is 493 g/mol. The van der Waals surface area contributed by atoms with Crippen LogP contribution in [0.15, 0.2) is 60.7 Å². The van der Waals surface area contributed by atoms with Crippen molar-refractivity contribution in [2.24, 2.45) is 0 Å². The first-order valence-electron chi connectivity index (χ1n) is 10.1. The molecule has 4 rings (SSSR count). The van der Waals surface area contributed by atoms with E-state index in [0.29, 0.717) is 27.7 Å². The number of aliphatic hydroxyl groups is 1. The first kappa shape index (κ1) is 23.8. The van der Waals surface area contributed by atoms with Gasteiger partial charge in [-0.15, -0.1) is 0 Å². The molecule has 2 atom stereocenters. The molecule has 0 spiro atoms. The molecule has 1 N–H and O–H groups in total. The Balaban J connectivity index is 1.64. The highest BCUT2D eigenvalue weighted by Crippen LogP contribution is 2.37. The van der Waals surface area contributed by atoms with Crippen LogP contribution >= 0.6 is 34.8 Å². The maximum absolute atomic E-state index is 14.2. The zero-order valence-electron chi connectivity index (χ0n) is 17.2. The van der Waals surface area contributed by atoms with Gasteiger partial charge in [0.25, 0.3) is 5.91 Å². The first-order chi connectivity index (χ1) is 15.7. The Morgan fingerprint density at radius 2 is 1.64 bits per heavy atom. The van der Waals surface area contributed by atoms with Crippen LogP contribution < -0.4 is 4.90 Å². The second kappa shape index (κ2) is 9.85. The fraction of sp³-hybridized carbons (Fsp3) is 0.208. The van der Waals surface area contributed by atoms with Gasteiger partial charge in [-0.3, -0.25) is 4.79 Å². The number of aliphatic hydroxyl groups excluding tert-OH is 1. The number of carbonyl (C=O) groups excluding carboxylic acids is 1. The highest BCUT2D eigenvalue weighted by atomic mass is 35.5. The van der Waals surface area contributed by atoms with Crippen LogP contribution in [-0.2, 0) is 4.79 Å². The minimum absolute atomic E-state index is 0.208. The molecule has 4 nitrogen and oxygen atoms in total. The fourth-order valence-corrected chi connectivity index (χ4v) is 4.63. The molecule has 172 valence electrons. The van der Waals surface area contributed by atoms with Crippen LogP contribution in [0, 0.1) is 11.6 Å². The Morgan fingerprint density at radius 1 is 0.939 bits per heavy atom. The minimum Gasteiger partial charge on any atom is -0.378 e. The van der Waals surface area contributed by atoms with Gasteiger partial charge in [0.2, 0.25) is 0 Å². The number of halogens is 5. The van der Waals surface area contributed by atoms with E-state index in [9.17, 15) is 18.7 Å². The fourth-order valence-electron chi connectivity index (χ4n) is 3.99. The summed E-state index contributed by atoms with van der Waals surface area (Å²) in [7, 11) is 0. The minimum atomic E-state index is -1.75. The number of nitrogens with zero attached hydrogens (tertiary/aromatic N) is 2. The van der Waals surface area contributed by atoms with Crippen LogP contribution in [-0.4, -0.2) is 35.5 Å². The van der Waals surface area contributed by atoms with Gasteiger partial charge >= 0.3 is 0 Å². The van der Waals surface area contributed by atoms with Crippen LogP contribution in [0.1, 0.15) is 23.3 Å². The van der Waals surface area contributed by atoms with Gasteiger partial charge in [-0.25, -0.2) is 8.78 Å². The largest absolute Gasteiger partial charge is 0.378 e. The highest BCUT2D eigenvalue weighted by Gasteiger charge is 2.35. The molecule has 33 heavy (non-hydrogen) atoms. The Kier molecular flexibility index (Phi) is 7.10. The lowest BCUT2D eigenvalue weighted by atomic mass is 10.00. The molecule has 0 aromatic heterocycles. The molecule has 0 radical (unpaired) electrons. The number of anilines is 1. The number of rotatable bonds is 4. The van der Waals surface area contributed by atoms with Gasteiger partial charge in [-0.2, -0.15) is 0 Å². The summed E-state index contributed by atoms with van der Waals surface area (Å²) in [5, 5.41) is 12.1. The van der Waals surface area contributed by atoms with Crippen molar-refractivity contribution in [1.29, 1.82) is 0 Å². The van der Waals surface area contributed by atoms with Crippen molar-refractivity contribution in [1.82, 2.24) is 4.90 Å². The van der Waals surface area contributed by atoms with E-state index in [1.54, 1.807) is 24.3 Å². The third-order valence-electron chi connectivity index (χ3n) is 5.66. The van der Waals surface area contributed by atoms with Crippen molar-refractivity contribution in [2.45, 2.75) is 12.1 Å². The van der Waals surface area contributed by atoms with Gasteiger partial charge < -0.3 is 14.9 Å². The average molecular weight is 512 g/mol. The van der Waals surface area contributed by atoms with E-state index in [1.807, 2.05) is 18.2 Å². The van der Waals surface area contributed by atoms with Crippen molar-refractivity contribution in [3.8, 4) is 0 Å². The molecule has 1 amide bonds. The topological polar surface area (TPSA) is 43.8 Å². The van der Waals surface area contributed by atoms with Crippen LogP contribution in [0.25, 0.3) is 0 Å². The second-order valence-corrected chi connectivity index (χ2v) is 8.99. The first-order valence-corrected chi connectivity index (χ1v) is 11.3. The lowest BCUT2D eigenvalue weighted by Crippen LogP contribution is -2.52. The Labute approximate surface area is 204 Å². The van der Waals surface area contributed by atoms with E-state index in [4.69, 9.17) is 34.8 Å². The SMILES string of the molecule is O=C(C(O)c1ccc(F)cc1F)N1CCN(c2ccc(Cl)cc2Cl)[C@H](c2ccc(Cl)cc2)C1. The molecule has 1 fully saturated rings. The molecule has 1 aliphatic rings. The average Bonchev–Trinajstić information content (AvgIpc) is 2.78. The molecule has 0 saturated carbocycles. The molecule has 3 aromatic carbocycles. The van der Waals surface area contributed by atoms with Gasteiger partial charge in [0.05, 0.1) is 16.8 Å². The van der Waals surface area contributed by atoms with E-state index < -0.39 is 23.6 Å². The normalized spacial score (nSPS) is 17.2. The molecule has 0 aliphatic carbocycles. The number of amides is 1. The van der Waals surface area contributed by atoms with E-state index in [0.717, 1.165) is 23.4 Å². The lowest BCUT2D eigenvalue weighted by molar-refractivity contribution is -0.141. The summed E-state index contributed by atoms with van der Waals surface area (Å²) in [4.78, 5) is 16.6. The van der Waals surface area contributed by atoms with Crippen LogP contribution in [0.2, 0.25) is 15.1 Å². The molecule has 9 heteroatoms. The van der Waals surface area contributed by atoms with Crippen molar-refractivity contribution in [2.75, 3.05) is 24.5 Å². The molecule has 1 heterocycles. The van der Waals surface area contributed by atoms with Gasteiger partial charge in [0, 0.05) is 41.3 Å². The van der Waals surface area contributed by atoms with E-state index in [1.165, 1.54) is 4.90 Å². The maximum atomic E-state index is 14.2. The summed E-state index contributed by atoms with van der Waals surface area (Å²) in [6.45, 7) is 0.875. The van der Waals surface area contributed by atoms with Gasteiger partial charge in [0.15, 0.2) is 6.10 Å². The van der Waals surface area contributed by atoms with Gasteiger partial charge in [-0.1, -0.05) is 53.0 Å². The number of carbonyl (C=O) groups is 1. The molecule has 0 bridgehead atoms. The summed E-state index contributed by atoms with van der Waals surface area (Å²) < 4.78 is 27.4. The van der Waals surface area contributed by atoms with Crippen molar-refractivity contribution in [3.63, 3.8) is 0 Å². The molecule has 1 saturated heterocycles. The van der Waals surface area contributed by atoms with E-state index in [2.05, 4.69) is 4.90 Å². The van der Waals surface area contributed by atoms with Crippen LogP contribution in [0.4, 0.5) is 14.5 Å². The zero-order chi connectivity index (χ0) is 23.7. The van der Waals surface area contributed by atoms with Crippen LogP contribution in [0.5, 0.6) is 0 Å². The summed E-state index contributed by atoms with van der Waals surface area (Å²) in [6, 6.07) is 14.8. The predicted molar refractivity (Wildman–Crippen MR) is 126 cm³/mol. The highest BCUT2D eigenvalue weighted by molar-refractivity contribution is 6.36. The number of benzene rings is 3. The molecule has 1 unspecified atom stereocenters. The van der Waals surface area contributed by atoms with Crippen molar-refractivity contribution >= 4 is 46.4 Å². The van der Waals surface area contributed by atoms with Crippen LogP contribution in [0.3, 0.4) is 0 Å². The summed E-state index contributed by atoms with van der Waals surface area (Å²) >= 11 is 18.6. The van der Waals surface area contributed by atoms with Gasteiger partial charge in [-0.05, 0) is 42.0 Å². The Hall–Kier alpha value is -2.38. The number of hydrogen-bond acceptors (Lipinski definition) is 3.